The molecule has 2 aliphatic rings. The molecule has 0 spiro atoms. The zero-order chi connectivity index (χ0) is 26.1. The molecular weight excluding hydrogens is 486 g/mol. The van der Waals surface area contributed by atoms with Crippen molar-refractivity contribution < 1.29 is 35.9 Å². The Morgan fingerprint density at radius 2 is 1.69 bits per heavy atom. The van der Waals surface area contributed by atoms with Crippen LogP contribution in [0.1, 0.15) is 65.1 Å². The van der Waals surface area contributed by atoms with E-state index >= 15 is 0 Å². The maximum absolute atomic E-state index is 13.8. The van der Waals surface area contributed by atoms with E-state index in [-0.39, 0.29) is 18.5 Å². The van der Waals surface area contributed by atoms with E-state index in [9.17, 15) is 31.1 Å². The van der Waals surface area contributed by atoms with E-state index < -0.39 is 46.2 Å². The standard InChI is InChI=1S/C26H28F6N2O2/c1-36-21-15-18(25(27,28)29)14-20(26(30,31)32)22(21)23(35)33-16-24(34-12-5-6-13-34)11-7-10-19(24)17-8-3-2-4-9-17/h2-4,8-9,14-15,19H,5-7,10-13,16H2,1H3,(H,33,35). The van der Waals surface area contributed by atoms with Crippen LogP contribution in [0.3, 0.4) is 0 Å². The fourth-order valence-corrected chi connectivity index (χ4v) is 5.80. The van der Waals surface area contributed by atoms with Crippen LogP contribution < -0.4 is 10.1 Å². The molecule has 2 aromatic carbocycles. The first kappa shape index (κ1) is 26.3. The van der Waals surface area contributed by atoms with Crippen molar-refractivity contribution in [2.24, 2.45) is 0 Å². The summed E-state index contributed by atoms with van der Waals surface area (Å²) in [7, 11) is 0.945. The van der Waals surface area contributed by atoms with Crippen LogP contribution in [0, 0.1) is 0 Å². The Morgan fingerprint density at radius 1 is 1.03 bits per heavy atom. The molecule has 1 N–H and O–H groups in total. The summed E-state index contributed by atoms with van der Waals surface area (Å²) in [5, 5.41) is 2.66. The molecule has 1 saturated carbocycles. The highest BCUT2D eigenvalue weighted by Gasteiger charge is 2.49. The molecule has 0 bridgehead atoms. The lowest BCUT2D eigenvalue weighted by molar-refractivity contribution is -0.143. The summed E-state index contributed by atoms with van der Waals surface area (Å²) in [5.41, 5.74) is -3.54. The van der Waals surface area contributed by atoms with Crippen molar-refractivity contribution >= 4 is 5.91 Å². The van der Waals surface area contributed by atoms with Gasteiger partial charge in [0.15, 0.2) is 0 Å². The number of benzene rings is 2. The van der Waals surface area contributed by atoms with Crippen molar-refractivity contribution in [1.29, 1.82) is 0 Å². The van der Waals surface area contributed by atoms with Gasteiger partial charge in [0.25, 0.3) is 5.91 Å². The Balaban J connectivity index is 1.70. The minimum Gasteiger partial charge on any atom is -0.496 e. The number of likely N-dealkylation sites (tertiary alicyclic amines) is 1. The van der Waals surface area contributed by atoms with Gasteiger partial charge in [0, 0.05) is 18.0 Å². The molecular formula is C26H28F6N2O2. The number of nitrogens with one attached hydrogen (secondary N) is 1. The van der Waals surface area contributed by atoms with Gasteiger partial charge in [-0.1, -0.05) is 36.8 Å². The van der Waals surface area contributed by atoms with Gasteiger partial charge < -0.3 is 10.1 Å². The van der Waals surface area contributed by atoms with Gasteiger partial charge in [-0.3, -0.25) is 9.69 Å². The molecule has 2 unspecified atom stereocenters. The smallest absolute Gasteiger partial charge is 0.417 e. The normalized spacial score (nSPS) is 23.1. The first-order valence-corrected chi connectivity index (χ1v) is 11.9. The Bertz CT molecular complexity index is 1080. The molecule has 2 atom stereocenters. The fourth-order valence-electron chi connectivity index (χ4n) is 5.80. The molecule has 4 nitrogen and oxygen atoms in total. The lowest BCUT2D eigenvalue weighted by Crippen LogP contribution is -2.56. The third kappa shape index (κ3) is 5.05. The van der Waals surface area contributed by atoms with Crippen LogP contribution in [0.4, 0.5) is 26.3 Å². The topological polar surface area (TPSA) is 41.6 Å². The predicted molar refractivity (Wildman–Crippen MR) is 122 cm³/mol. The van der Waals surface area contributed by atoms with Crippen molar-refractivity contribution in [3.05, 3.63) is 64.7 Å². The first-order valence-electron chi connectivity index (χ1n) is 11.9. The molecule has 1 heterocycles. The summed E-state index contributed by atoms with van der Waals surface area (Å²) in [6.07, 6.45) is -5.73. The summed E-state index contributed by atoms with van der Waals surface area (Å²) in [6, 6.07) is 10.2. The van der Waals surface area contributed by atoms with Crippen molar-refractivity contribution in [2.45, 2.75) is 55.9 Å². The predicted octanol–water partition coefficient (Wildman–Crippen LogP) is 6.26. The summed E-state index contributed by atoms with van der Waals surface area (Å²) < 4.78 is 86.1. The van der Waals surface area contributed by atoms with E-state index in [2.05, 4.69) is 10.2 Å². The number of ether oxygens (including phenoxy) is 1. The lowest BCUT2D eigenvalue weighted by atomic mass is 9.80. The van der Waals surface area contributed by atoms with E-state index in [0.29, 0.717) is 6.07 Å². The van der Waals surface area contributed by atoms with Gasteiger partial charge in [-0.15, -0.1) is 0 Å². The second kappa shape index (κ2) is 9.95. The Kier molecular flexibility index (Phi) is 7.28. The number of carbonyl (C=O) groups excluding carboxylic acids is 1. The van der Waals surface area contributed by atoms with Gasteiger partial charge in [-0.2, -0.15) is 26.3 Å². The average molecular weight is 515 g/mol. The highest BCUT2D eigenvalue weighted by Crippen LogP contribution is 2.48. The van der Waals surface area contributed by atoms with E-state index in [1.54, 1.807) is 0 Å². The number of alkyl halides is 6. The van der Waals surface area contributed by atoms with Crippen molar-refractivity contribution in [3.8, 4) is 5.75 Å². The number of carbonyl (C=O) groups is 1. The minimum absolute atomic E-state index is 0.0317. The highest BCUT2D eigenvalue weighted by molar-refractivity contribution is 5.99. The van der Waals surface area contributed by atoms with E-state index in [1.807, 2.05) is 30.3 Å². The maximum atomic E-state index is 13.8. The SMILES string of the molecule is COc1cc(C(F)(F)F)cc(C(F)(F)F)c1C(=O)NCC1(N2CCCC2)CCCC1c1ccccc1. The second-order valence-corrected chi connectivity index (χ2v) is 9.43. The Hall–Kier alpha value is -2.75. The highest BCUT2D eigenvalue weighted by atomic mass is 19.4. The van der Waals surface area contributed by atoms with Gasteiger partial charge in [0.1, 0.15) is 5.75 Å². The number of amides is 1. The van der Waals surface area contributed by atoms with Crippen LogP contribution in [0.5, 0.6) is 5.75 Å². The third-order valence-corrected chi connectivity index (χ3v) is 7.43. The van der Waals surface area contributed by atoms with E-state index in [0.717, 1.165) is 57.9 Å². The fraction of sp³-hybridized carbons (Fsp3) is 0.500. The summed E-state index contributed by atoms with van der Waals surface area (Å²) in [5.74, 6) is -1.81. The molecule has 0 aromatic heterocycles. The molecule has 2 fully saturated rings. The Labute approximate surface area is 205 Å². The van der Waals surface area contributed by atoms with Crippen LogP contribution in [-0.2, 0) is 12.4 Å². The Morgan fingerprint density at radius 3 is 2.28 bits per heavy atom. The molecule has 2 aromatic rings. The first-order chi connectivity index (χ1) is 17.0. The average Bonchev–Trinajstić information content (AvgIpc) is 3.52. The number of methoxy groups -OCH3 is 1. The summed E-state index contributed by atoms with van der Waals surface area (Å²) in [4.78, 5) is 15.5. The van der Waals surface area contributed by atoms with E-state index in [1.165, 1.54) is 0 Å². The molecule has 1 aliphatic carbocycles. The van der Waals surface area contributed by atoms with Crippen LogP contribution in [0.25, 0.3) is 0 Å². The molecule has 1 saturated heterocycles. The van der Waals surface area contributed by atoms with Crippen molar-refractivity contribution in [2.75, 3.05) is 26.7 Å². The number of nitrogens with zero attached hydrogens (tertiary/aromatic N) is 1. The summed E-state index contributed by atoms with van der Waals surface area (Å²) in [6.45, 7) is 1.71. The van der Waals surface area contributed by atoms with Gasteiger partial charge >= 0.3 is 12.4 Å². The second-order valence-electron chi connectivity index (χ2n) is 9.43. The van der Waals surface area contributed by atoms with Crippen LogP contribution in [-0.4, -0.2) is 43.1 Å². The van der Waals surface area contributed by atoms with Gasteiger partial charge in [0.2, 0.25) is 0 Å². The molecule has 36 heavy (non-hydrogen) atoms. The quantitative estimate of drug-likeness (QED) is 0.463. The molecule has 1 aliphatic heterocycles. The monoisotopic (exact) mass is 514 g/mol. The number of hydrogen-bond donors (Lipinski definition) is 1. The van der Waals surface area contributed by atoms with Crippen LogP contribution >= 0.6 is 0 Å². The van der Waals surface area contributed by atoms with Gasteiger partial charge in [-0.05, 0) is 56.5 Å². The number of rotatable bonds is 6. The van der Waals surface area contributed by atoms with E-state index in [4.69, 9.17) is 4.74 Å². The lowest BCUT2D eigenvalue weighted by Gasteiger charge is -2.44. The van der Waals surface area contributed by atoms with Gasteiger partial charge in [-0.25, -0.2) is 0 Å². The third-order valence-electron chi connectivity index (χ3n) is 7.43. The minimum atomic E-state index is -5.19. The molecule has 10 heteroatoms. The zero-order valence-electron chi connectivity index (χ0n) is 19.8. The zero-order valence-corrected chi connectivity index (χ0v) is 19.8. The van der Waals surface area contributed by atoms with Crippen molar-refractivity contribution in [1.82, 2.24) is 10.2 Å². The number of halogens is 6. The molecule has 0 radical (unpaired) electrons. The van der Waals surface area contributed by atoms with Crippen LogP contribution in [0.15, 0.2) is 42.5 Å². The van der Waals surface area contributed by atoms with Crippen molar-refractivity contribution in [3.63, 3.8) is 0 Å². The molecule has 1 amide bonds. The molecule has 4 rings (SSSR count). The largest absolute Gasteiger partial charge is 0.496 e. The molecule has 196 valence electrons. The maximum Gasteiger partial charge on any atom is 0.417 e. The van der Waals surface area contributed by atoms with Gasteiger partial charge in [0.05, 0.1) is 23.8 Å². The summed E-state index contributed by atoms with van der Waals surface area (Å²) >= 11 is 0. The van der Waals surface area contributed by atoms with Crippen LogP contribution in [0.2, 0.25) is 0 Å². The number of hydrogen-bond acceptors (Lipinski definition) is 3.